The van der Waals surface area contributed by atoms with E-state index in [2.05, 4.69) is 10.3 Å². The Kier molecular flexibility index (Phi) is 4.96. The maximum Gasteiger partial charge on any atom is 0.326 e. The van der Waals surface area contributed by atoms with E-state index in [1.165, 1.54) is 11.7 Å². The zero-order chi connectivity index (χ0) is 20.5. The van der Waals surface area contributed by atoms with Crippen molar-refractivity contribution in [2.75, 3.05) is 7.11 Å². The predicted molar refractivity (Wildman–Crippen MR) is 104 cm³/mol. The van der Waals surface area contributed by atoms with Crippen LogP contribution >= 0.6 is 0 Å². The van der Waals surface area contributed by atoms with Crippen molar-refractivity contribution >= 4 is 22.9 Å². The van der Waals surface area contributed by atoms with Crippen LogP contribution in [-0.4, -0.2) is 33.6 Å². The molecule has 0 saturated heterocycles. The number of ether oxygens (including phenoxy) is 1. The minimum Gasteiger partial charge on any atom is -0.497 e. The van der Waals surface area contributed by atoms with E-state index in [1.807, 2.05) is 0 Å². The summed E-state index contributed by atoms with van der Waals surface area (Å²) >= 11 is 0. The van der Waals surface area contributed by atoms with Crippen molar-refractivity contribution in [2.24, 2.45) is 7.05 Å². The number of fused-ring (bicyclic) bond motifs is 1. The average Bonchev–Trinajstić information content (AvgIpc) is 2.94. The summed E-state index contributed by atoms with van der Waals surface area (Å²) < 4.78 is 6.62. The van der Waals surface area contributed by atoms with Gasteiger partial charge in [0, 0.05) is 12.6 Å². The number of amides is 1. The molecule has 3 aromatic rings. The van der Waals surface area contributed by atoms with Gasteiger partial charge in [-0.2, -0.15) is 0 Å². The number of carbonyl (C=O) groups excluding carboxylic acids is 1. The molecule has 2 aromatic carbocycles. The van der Waals surface area contributed by atoms with Crippen LogP contribution in [0.25, 0.3) is 11.0 Å². The Bertz CT molecular complexity index is 1110. The second kappa shape index (κ2) is 7.22. The van der Waals surface area contributed by atoms with Crippen LogP contribution in [0.15, 0.2) is 47.3 Å². The molecule has 1 atom stereocenters. The Morgan fingerprint density at radius 3 is 2.68 bits per heavy atom. The number of aliphatic carboxylic acids is 1. The molecule has 1 amide bonds. The monoisotopic (exact) mass is 383 g/mol. The lowest BCUT2D eigenvalue weighted by Gasteiger charge is -2.30. The molecule has 3 N–H and O–H groups in total. The summed E-state index contributed by atoms with van der Waals surface area (Å²) in [5, 5.41) is 12.2. The molecular weight excluding hydrogens is 362 g/mol. The highest BCUT2D eigenvalue weighted by Gasteiger charge is 2.32. The first-order chi connectivity index (χ1) is 13.2. The van der Waals surface area contributed by atoms with Crippen LogP contribution in [0.1, 0.15) is 29.3 Å². The van der Waals surface area contributed by atoms with Crippen LogP contribution in [-0.2, 0) is 17.4 Å². The molecule has 0 radical (unpaired) electrons. The minimum atomic E-state index is -1.16. The normalized spacial score (nSPS) is 13.1. The SMILES string of the molecule is COc1cccc(C(C)(CC(=O)O)NC(=O)c2ccc3[nH]c(=O)n(C)c3c2)c1. The summed E-state index contributed by atoms with van der Waals surface area (Å²) in [5.74, 6) is -0.927. The predicted octanol–water partition coefficient (Wildman–Crippen LogP) is 2.00. The van der Waals surface area contributed by atoms with Gasteiger partial charge in [0.05, 0.1) is 30.1 Å². The van der Waals surface area contributed by atoms with Gasteiger partial charge in [-0.1, -0.05) is 12.1 Å². The summed E-state index contributed by atoms with van der Waals surface area (Å²) in [4.78, 5) is 38.8. The van der Waals surface area contributed by atoms with Gasteiger partial charge in [0.25, 0.3) is 5.91 Å². The number of nitrogens with zero attached hydrogens (tertiary/aromatic N) is 1. The molecule has 0 aliphatic rings. The lowest BCUT2D eigenvalue weighted by molar-refractivity contribution is -0.138. The number of imidazole rings is 1. The first-order valence-corrected chi connectivity index (χ1v) is 8.61. The quantitative estimate of drug-likeness (QED) is 0.602. The molecular formula is C20H21N3O5. The van der Waals surface area contributed by atoms with Gasteiger partial charge in [-0.3, -0.25) is 14.2 Å². The van der Waals surface area contributed by atoms with E-state index in [9.17, 15) is 19.5 Å². The van der Waals surface area contributed by atoms with Crippen molar-refractivity contribution in [1.29, 1.82) is 0 Å². The Balaban J connectivity index is 1.98. The molecule has 146 valence electrons. The number of benzene rings is 2. The van der Waals surface area contributed by atoms with Crippen LogP contribution in [0.4, 0.5) is 0 Å². The standard InChI is InChI=1S/C20H21N3O5/c1-20(11-17(24)25,13-5-4-6-14(10-13)28-3)22-18(26)12-7-8-15-16(9-12)23(2)19(27)21-15/h4-10H,11H2,1-3H3,(H,21,27)(H,22,26)(H,24,25). The zero-order valence-electron chi connectivity index (χ0n) is 15.8. The number of hydrogen-bond donors (Lipinski definition) is 3. The highest BCUT2D eigenvalue weighted by molar-refractivity contribution is 5.98. The summed E-state index contributed by atoms with van der Waals surface area (Å²) in [6, 6.07) is 11.7. The first-order valence-electron chi connectivity index (χ1n) is 8.61. The minimum absolute atomic E-state index is 0.278. The summed E-state index contributed by atoms with van der Waals surface area (Å²) in [5.41, 5.74) is 0.694. The Morgan fingerprint density at radius 2 is 2.00 bits per heavy atom. The zero-order valence-corrected chi connectivity index (χ0v) is 15.8. The van der Waals surface area contributed by atoms with Crippen molar-refractivity contribution in [1.82, 2.24) is 14.9 Å². The molecule has 0 fully saturated rings. The highest BCUT2D eigenvalue weighted by Crippen LogP contribution is 2.28. The third-order valence-corrected chi connectivity index (χ3v) is 4.77. The number of carboxylic acids is 1. The third kappa shape index (κ3) is 3.62. The number of aromatic amines is 1. The van der Waals surface area contributed by atoms with E-state index in [0.717, 1.165) is 0 Å². The van der Waals surface area contributed by atoms with Crippen molar-refractivity contribution in [2.45, 2.75) is 18.9 Å². The van der Waals surface area contributed by atoms with Crippen LogP contribution < -0.4 is 15.7 Å². The summed E-state index contributed by atoms with van der Waals surface area (Å²) in [6.45, 7) is 1.65. The number of aromatic nitrogens is 2. The van der Waals surface area contributed by atoms with Crippen LogP contribution in [0.2, 0.25) is 0 Å². The number of methoxy groups -OCH3 is 1. The Labute approximate surface area is 160 Å². The molecule has 0 saturated carbocycles. The van der Waals surface area contributed by atoms with Crippen molar-refractivity contribution in [3.8, 4) is 5.75 Å². The fourth-order valence-electron chi connectivity index (χ4n) is 3.17. The number of carboxylic acid groups (broad SMARTS) is 1. The fraction of sp³-hybridized carbons (Fsp3) is 0.250. The molecule has 1 aromatic heterocycles. The van der Waals surface area contributed by atoms with Gasteiger partial charge in [-0.25, -0.2) is 4.79 Å². The van der Waals surface area contributed by atoms with Gasteiger partial charge >= 0.3 is 11.7 Å². The van der Waals surface area contributed by atoms with E-state index in [1.54, 1.807) is 56.4 Å². The lowest BCUT2D eigenvalue weighted by Crippen LogP contribution is -2.45. The largest absolute Gasteiger partial charge is 0.497 e. The maximum atomic E-state index is 12.9. The summed E-state index contributed by atoms with van der Waals surface area (Å²) in [6.07, 6.45) is -0.309. The van der Waals surface area contributed by atoms with Crippen LogP contribution in [0.3, 0.4) is 0 Å². The van der Waals surface area contributed by atoms with E-state index in [-0.39, 0.29) is 12.1 Å². The molecule has 0 spiro atoms. The van der Waals surface area contributed by atoms with Gasteiger partial charge in [0.15, 0.2) is 0 Å². The van der Waals surface area contributed by atoms with E-state index in [4.69, 9.17) is 4.74 Å². The van der Waals surface area contributed by atoms with Crippen molar-refractivity contribution < 1.29 is 19.4 Å². The van der Waals surface area contributed by atoms with Crippen LogP contribution in [0.5, 0.6) is 5.75 Å². The first kappa shape index (κ1) is 19.2. The second-order valence-electron chi connectivity index (χ2n) is 6.81. The molecule has 0 aliphatic heterocycles. The molecule has 1 unspecified atom stereocenters. The van der Waals surface area contributed by atoms with Gasteiger partial charge < -0.3 is 20.1 Å². The van der Waals surface area contributed by atoms with Gasteiger partial charge in [0.1, 0.15) is 5.75 Å². The van der Waals surface area contributed by atoms with E-state index < -0.39 is 17.4 Å². The van der Waals surface area contributed by atoms with Crippen molar-refractivity contribution in [3.05, 3.63) is 64.1 Å². The number of nitrogens with one attached hydrogen (secondary N) is 2. The third-order valence-electron chi connectivity index (χ3n) is 4.77. The number of aryl methyl sites for hydroxylation is 1. The van der Waals surface area contributed by atoms with Crippen molar-refractivity contribution in [3.63, 3.8) is 0 Å². The lowest BCUT2D eigenvalue weighted by atomic mass is 9.88. The molecule has 8 heteroatoms. The molecule has 8 nitrogen and oxygen atoms in total. The molecule has 0 aliphatic carbocycles. The number of carbonyl (C=O) groups is 2. The molecule has 3 rings (SSSR count). The topological polar surface area (TPSA) is 113 Å². The van der Waals surface area contributed by atoms with Gasteiger partial charge in [-0.15, -0.1) is 0 Å². The maximum absolute atomic E-state index is 12.9. The van der Waals surface area contributed by atoms with Crippen LogP contribution in [0, 0.1) is 0 Å². The number of rotatable bonds is 6. The smallest absolute Gasteiger partial charge is 0.326 e. The average molecular weight is 383 g/mol. The molecule has 28 heavy (non-hydrogen) atoms. The fourth-order valence-corrected chi connectivity index (χ4v) is 3.17. The second-order valence-corrected chi connectivity index (χ2v) is 6.81. The number of H-pyrrole nitrogens is 1. The Hall–Kier alpha value is -3.55. The molecule has 0 bridgehead atoms. The summed E-state index contributed by atoms with van der Waals surface area (Å²) in [7, 11) is 3.12. The van der Waals surface area contributed by atoms with E-state index in [0.29, 0.717) is 27.9 Å². The van der Waals surface area contributed by atoms with Gasteiger partial charge in [-0.05, 0) is 42.8 Å². The Morgan fingerprint density at radius 1 is 1.25 bits per heavy atom. The number of hydrogen-bond acceptors (Lipinski definition) is 4. The van der Waals surface area contributed by atoms with E-state index >= 15 is 0 Å². The highest BCUT2D eigenvalue weighted by atomic mass is 16.5. The molecule has 1 heterocycles. The van der Waals surface area contributed by atoms with Gasteiger partial charge in [0.2, 0.25) is 0 Å².